The second-order valence-electron chi connectivity index (χ2n) is 9.81. The Bertz CT molecular complexity index is 1560. The molecule has 0 aliphatic heterocycles. The summed E-state index contributed by atoms with van der Waals surface area (Å²) in [6.07, 6.45) is -1.89. The van der Waals surface area contributed by atoms with Gasteiger partial charge in [0.25, 0.3) is 7.52 Å². The van der Waals surface area contributed by atoms with Crippen LogP contribution in [0.2, 0.25) is 0 Å². The minimum absolute atomic E-state index is 0.0436. The predicted octanol–water partition coefficient (Wildman–Crippen LogP) is 6.84. The smallest absolute Gasteiger partial charge is 0.407 e. The van der Waals surface area contributed by atoms with Gasteiger partial charge in [-0.05, 0) is 33.4 Å². The summed E-state index contributed by atoms with van der Waals surface area (Å²) in [4.78, 5) is 23.1. The summed E-state index contributed by atoms with van der Waals surface area (Å²) in [6, 6.07) is 34.0. The van der Waals surface area contributed by atoms with Crippen molar-refractivity contribution in [2.75, 3.05) is 19.2 Å². The first kappa shape index (κ1) is 29.9. The van der Waals surface area contributed by atoms with Crippen LogP contribution in [-0.4, -0.2) is 30.2 Å². The molecule has 5 rings (SSSR count). The maximum atomic E-state index is 13.7. The maximum Gasteiger partial charge on any atom is 0.407 e. The molecule has 0 bridgehead atoms. The lowest BCUT2D eigenvalue weighted by Crippen LogP contribution is -2.31. The van der Waals surface area contributed by atoms with E-state index in [1.807, 2.05) is 72.8 Å². The van der Waals surface area contributed by atoms with E-state index in [0.29, 0.717) is 5.56 Å². The molecule has 0 aromatic heterocycles. The van der Waals surface area contributed by atoms with Gasteiger partial charge in [0.05, 0.1) is 13.2 Å². The molecule has 0 heterocycles. The van der Waals surface area contributed by atoms with Crippen LogP contribution in [0.4, 0.5) is 4.79 Å². The molecule has 4 aromatic rings. The highest BCUT2D eigenvalue weighted by molar-refractivity contribution is 7.59. The molecule has 9 nitrogen and oxygen atoms in total. The van der Waals surface area contributed by atoms with Gasteiger partial charge in [-0.2, -0.15) is 0 Å². The molecular formula is C31H32N2O7P2. The highest BCUT2D eigenvalue weighted by atomic mass is 31.2. The number of hydrogen-bond donors (Lipinski definition) is 3. The van der Waals surface area contributed by atoms with Crippen molar-refractivity contribution in [3.8, 4) is 11.1 Å². The summed E-state index contributed by atoms with van der Waals surface area (Å²) in [5, 5.41) is 5.05. The zero-order valence-electron chi connectivity index (χ0n) is 22.8. The number of alkyl carbamates (subject to hydrolysis) is 1. The molecule has 42 heavy (non-hydrogen) atoms. The summed E-state index contributed by atoms with van der Waals surface area (Å²) in [6.45, 7) is -0.0524. The highest BCUT2D eigenvalue weighted by Crippen LogP contribution is 2.49. The fraction of sp³-hybridized carbons (Fsp3) is 0.194. The number of hydrogen-bond acceptors (Lipinski definition) is 6. The summed E-state index contributed by atoms with van der Waals surface area (Å²) in [5.74, 6) is -0.135. The Kier molecular flexibility index (Phi) is 9.70. The van der Waals surface area contributed by atoms with Gasteiger partial charge >= 0.3 is 13.7 Å². The third kappa shape index (κ3) is 7.84. The van der Waals surface area contributed by atoms with Crippen LogP contribution >= 0.6 is 15.1 Å². The normalized spacial score (nSPS) is 15.2. The van der Waals surface area contributed by atoms with Gasteiger partial charge in [-0.1, -0.05) is 109 Å². The zero-order valence-corrected chi connectivity index (χ0v) is 24.6. The molecule has 0 saturated heterocycles. The topological polar surface area (TPSA) is 123 Å². The molecule has 0 spiro atoms. The monoisotopic (exact) mass is 606 g/mol. The summed E-state index contributed by atoms with van der Waals surface area (Å²) in [7, 11) is -8.05. The Balaban J connectivity index is 1.20. The van der Waals surface area contributed by atoms with Crippen molar-refractivity contribution in [2.24, 2.45) is 0 Å². The molecule has 2 unspecified atom stereocenters. The lowest BCUT2D eigenvalue weighted by atomic mass is 9.98. The average Bonchev–Trinajstić information content (AvgIpc) is 3.35. The third-order valence-corrected chi connectivity index (χ3v) is 9.95. The van der Waals surface area contributed by atoms with Crippen LogP contribution < -0.4 is 10.4 Å². The predicted molar refractivity (Wildman–Crippen MR) is 161 cm³/mol. The maximum absolute atomic E-state index is 13.7. The van der Waals surface area contributed by atoms with Crippen LogP contribution in [0.25, 0.3) is 11.1 Å². The Morgan fingerprint density at radius 1 is 0.690 bits per heavy atom. The number of rotatable bonds is 13. The van der Waals surface area contributed by atoms with Crippen molar-refractivity contribution >= 4 is 21.2 Å². The van der Waals surface area contributed by atoms with E-state index in [4.69, 9.17) is 13.8 Å². The summed E-state index contributed by atoms with van der Waals surface area (Å²) in [5.41, 5.74) is 5.81. The minimum Gasteiger partial charge on any atom is -0.449 e. The van der Waals surface area contributed by atoms with Gasteiger partial charge in [-0.25, -0.2) is 9.88 Å². The lowest BCUT2D eigenvalue weighted by Gasteiger charge is -2.22. The molecule has 0 radical (unpaired) electrons. The van der Waals surface area contributed by atoms with Gasteiger partial charge in [0.2, 0.25) is 0 Å². The van der Waals surface area contributed by atoms with Gasteiger partial charge in [0, 0.05) is 5.92 Å². The van der Waals surface area contributed by atoms with E-state index in [2.05, 4.69) is 10.4 Å². The van der Waals surface area contributed by atoms with E-state index >= 15 is 0 Å². The fourth-order valence-corrected chi connectivity index (χ4v) is 7.72. The average molecular weight is 607 g/mol. The van der Waals surface area contributed by atoms with Gasteiger partial charge in [-0.3, -0.25) is 9.13 Å². The van der Waals surface area contributed by atoms with Crippen molar-refractivity contribution < 1.29 is 32.6 Å². The first-order valence-electron chi connectivity index (χ1n) is 13.4. The molecule has 4 aromatic carbocycles. The van der Waals surface area contributed by atoms with Crippen LogP contribution in [-0.2, 0) is 36.1 Å². The number of amides is 1. The standard InChI is InChI=1S/C31H32N2O7P2/c34-31(38-21-30-28-17-9-7-15-26(28)27-16-8-10-18-29(27)30)32-22-41(35,39-19-24-11-3-1-4-12-24)33-23-42(36,37)40-20-25-13-5-2-6-14-25/h1-18,30H,19-23H2,(H,32,34)(H,33,35)(H,36,37). The van der Waals surface area contributed by atoms with Gasteiger partial charge in [0.1, 0.15) is 19.2 Å². The van der Waals surface area contributed by atoms with Crippen LogP contribution in [0.1, 0.15) is 28.2 Å². The van der Waals surface area contributed by atoms with Crippen molar-refractivity contribution in [1.29, 1.82) is 0 Å². The Morgan fingerprint density at radius 3 is 1.76 bits per heavy atom. The molecule has 2 atom stereocenters. The second-order valence-corrected chi connectivity index (χ2v) is 13.9. The van der Waals surface area contributed by atoms with Crippen molar-refractivity contribution in [1.82, 2.24) is 10.4 Å². The molecule has 1 amide bonds. The fourth-order valence-electron chi connectivity index (χ4n) is 4.71. The van der Waals surface area contributed by atoms with Gasteiger partial charge in [-0.15, -0.1) is 0 Å². The molecule has 3 N–H and O–H groups in total. The number of carbonyl (C=O) groups is 1. The van der Waals surface area contributed by atoms with E-state index in [1.54, 1.807) is 36.4 Å². The van der Waals surface area contributed by atoms with Crippen molar-refractivity contribution in [3.63, 3.8) is 0 Å². The first-order valence-corrected chi connectivity index (χ1v) is 17.0. The number of benzene rings is 4. The largest absolute Gasteiger partial charge is 0.449 e. The van der Waals surface area contributed by atoms with E-state index in [9.17, 15) is 18.8 Å². The second kappa shape index (κ2) is 13.6. The molecule has 1 aliphatic rings. The molecule has 1 aliphatic carbocycles. The van der Waals surface area contributed by atoms with Crippen LogP contribution in [0.5, 0.6) is 0 Å². The minimum atomic E-state index is -4.19. The SMILES string of the molecule is O=C(NCP(=O)(NCP(=O)(O)OCc1ccccc1)OCc1ccccc1)OCC1c2ccccc2-c2ccccc21. The number of fused-ring (bicyclic) bond motifs is 3. The van der Waals surface area contributed by atoms with Crippen molar-refractivity contribution in [3.05, 3.63) is 131 Å². The van der Waals surface area contributed by atoms with E-state index in [0.717, 1.165) is 27.8 Å². The Morgan fingerprint density at radius 2 is 1.19 bits per heavy atom. The van der Waals surface area contributed by atoms with Crippen LogP contribution in [0, 0.1) is 0 Å². The van der Waals surface area contributed by atoms with Gasteiger partial charge in [0.15, 0.2) is 0 Å². The molecule has 0 saturated carbocycles. The molecule has 0 fully saturated rings. The number of carbonyl (C=O) groups excluding carboxylic acids is 1. The molecular weight excluding hydrogens is 574 g/mol. The Hall–Kier alpha value is -3.55. The number of ether oxygens (including phenoxy) is 1. The lowest BCUT2D eigenvalue weighted by molar-refractivity contribution is 0.144. The summed E-state index contributed by atoms with van der Waals surface area (Å²) >= 11 is 0. The molecule has 11 heteroatoms. The highest BCUT2D eigenvalue weighted by Gasteiger charge is 2.31. The Labute approximate surface area is 244 Å². The van der Waals surface area contributed by atoms with E-state index in [-0.39, 0.29) is 25.7 Å². The van der Waals surface area contributed by atoms with E-state index in [1.165, 1.54) is 0 Å². The summed E-state index contributed by atoms with van der Waals surface area (Å²) < 4.78 is 42.8. The zero-order chi connectivity index (χ0) is 29.4. The molecule has 218 valence electrons. The van der Waals surface area contributed by atoms with Gasteiger partial charge < -0.3 is 24.0 Å². The quantitative estimate of drug-likeness (QED) is 0.141. The van der Waals surface area contributed by atoms with Crippen molar-refractivity contribution in [2.45, 2.75) is 19.1 Å². The third-order valence-electron chi connectivity index (χ3n) is 6.85. The van der Waals surface area contributed by atoms with Crippen LogP contribution in [0.15, 0.2) is 109 Å². The first-order chi connectivity index (χ1) is 20.3. The van der Waals surface area contributed by atoms with Crippen LogP contribution in [0.3, 0.4) is 0 Å². The number of nitrogens with one attached hydrogen (secondary N) is 2. The van der Waals surface area contributed by atoms with E-state index < -0.39 is 33.8 Å².